The van der Waals surface area contributed by atoms with Crippen molar-refractivity contribution in [3.63, 3.8) is 0 Å². The van der Waals surface area contributed by atoms with Gasteiger partial charge in [0.05, 0.1) is 6.61 Å². The molecule has 1 aromatic heterocycles. The number of halogens is 1. The first kappa shape index (κ1) is 21.3. The highest BCUT2D eigenvalue weighted by Gasteiger charge is 2.19. The Balaban J connectivity index is 1.45. The zero-order valence-corrected chi connectivity index (χ0v) is 18.1. The number of pyridine rings is 1. The van der Waals surface area contributed by atoms with Gasteiger partial charge in [0, 0.05) is 42.9 Å². The molecule has 0 atom stereocenters. The zero-order valence-electron chi connectivity index (χ0n) is 18.1. The topological polar surface area (TPSA) is 91.5 Å². The van der Waals surface area contributed by atoms with E-state index >= 15 is 0 Å². The number of aromatic nitrogens is 1. The molecule has 3 heterocycles. The van der Waals surface area contributed by atoms with Gasteiger partial charge in [-0.1, -0.05) is 42.5 Å². The lowest BCUT2D eigenvalue weighted by atomic mass is 9.93. The molecule has 0 aliphatic carbocycles. The fourth-order valence-electron chi connectivity index (χ4n) is 4.53. The molecular weight excluding hydrogens is 419 g/mol. The molecule has 1 amide bonds. The fourth-order valence-corrected chi connectivity index (χ4v) is 4.53. The number of aliphatic hydroxyl groups excluding tert-OH is 1. The molecule has 5 rings (SSSR count). The van der Waals surface area contributed by atoms with E-state index in [4.69, 9.17) is 10.8 Å². The Hall–Kier alpha value is -3.55. The minimum atomic E-state index is -0.615. The molecule has 33 heavy (non-hydrogen) atoms. The maximum atomic E-state index is 14.8. The van der Waals surface area contributed by atoms with Gasteiger partial charge in [-0.2, -0.15) is 4.39 Å². The number of hydrogen-bond donors (Lipinski definition) is 3. The number of nitrogen functional groups attached to an aromatic ring is 1. The predicted octanol–water partition coefficient (Wildman–Crippen LogP) is 3.11. The summed E-state index contributed by atoms with van der Waals surface area (Å²) in [5.41, 5.74) is 12.5. The molecule has 2 aliphatic heterocycles. The molecule has 0 saturated carbocycles. The van der Waals surface area contributed by atoms with E-state index in [2.05, 4.69) is 21.3 Å². The van der Waals surface area contributed by atoms with Gasteiger partial charge in [-0.15, -0.1) is 0 Å². The van der Waals surface area contributed by atoms with Gasteiger partial charge in [-0.25, -0.2) is 4.98 Å². The minimum Gasteiger partial charge on any atom is -0.395 e. The van der Waals surface area contributed by atoms with E-state index in [-0.39, 0.29) is 18.3 Å². The molecule has 0 fully saturated rings. The summed E-state index contributed by atoms with van der Waals surface area (Å²) in [7, 11) is 0. The van der Waals surface area contributed by atoms with Gasteiger partial charge in [-0.05, 0) is 46.4 Å². The lowest BCUT2D eigenvalue weighted by Crippen LogP contribution is -2.31. The third-order valence-electron chi connectivity index (χ3n) is 6.32. The molecule has 3 aromatic rings. The van der Waals surface area contributed by atoms with Crippen molar-refractivity contribution in [2.45, 2.75) is 6.42 Å². The number of nitrogens with zero attached hydrogens (tertiary/aromatic N) is 2. The summed E-state index contributed by atoms with van der Waals surface area (Å²) in [5, 5.41) is 12.0. The third-order valence-corrected chi connectivity index (χ3v) is 6.32. The largest absolute Gasteiger partial charge is 0.395 e. The summed E-state index contributed by atoms with van der Waals surface area (Å²) in [6.07, 6.45) is 2.90. The number of carbonyl (C=O) groups excluding carboxylic acids is 1. The Morgan fingerprint density at radius 1 is 1.03 bits per heavy atom. The van der Waals surface area contributed by atoms with Gasteiger partial charge in [0.1, 0.15) is 5.82 Å². The van der Waals surface area contributed by atoms with Gasteiger partial charge >= 0.3 is 0 Å². The number of β-amino-alcohol motifs (C(OH)–C–C–N with tert-alkyl or cyclic N) is 1. The number of fused-ring (bicyclic) bond motifs is 1. The molecule has 2 aromatic carbocycles. The molecule has 0 radical (unpaired) electrons. The van der Waals surface area contributed by atoms with Crippen LogP contribution in [0.15, 0.2) is 54.6 Å². The van der Waals surface area contributed by atoms with Crippen molar-refractivity contribution in [3.05, 3.63) is 77.2 Å². The summed E-state index contributed by atoms with van der Waals surface area (Å²) in [6, 6.07) is 15.0. The molecule has 4 N–H and O–H groups in total. The molecule has 2 aliphatic rings. The zero-order chi connectivity index (χ0) is 22.9. The summed E-state index contributed by atoms with van der Waals surface area (Å²) in [4.78, 5) is 18.2. The fraction of sp³-hybridized carbons (Fsp3) is 0.231. The van der Waals surface area contributed by atoms with Gasteiger partial charge in [0.25, 0.3) is 5.91 Å². The van der Waals surface area contributed by atoms with Crippen molar-refractivity contribution >= 4 is 17.3 Å². The van der Waals surface area contributed by atoms with Crippen LogP contribution in [-0.4, -0.2) is 53.7 Å². The number of nitrogens with one attached hydrogen (secondary N) is 1. The Bertz CT molecular complexity index is 1250. The molecule has 0 spiro atoms. The number of aliphatic hydroxyl groups is 1. The number of amides is 1. The molecule has 6 nitrogen and oxygen atoms in total. The highest BCUT2D eigenvalue weighted by Crippen LogP contribution is 2.34. The van der Waals surface area contributed by atoms with Gasteiger partial charge in [0.2, 0.25) is 5.95 Å². The molecule has 0 unspecified atom stereocenters. The standard InChI is InChI=1S/C26H25FN4O2/c27-24-22(17-3-1-16(2-4-17)20-8-10-31(15-20)11-12-32)14-23(25(28)30-24)18-5-6-21-19(13-18)7-9-29-26(21)33/h1-6,8,13-14,32H,7,9-12,15H2,(H2,28,30)(H,29,33). The smallest absolute Gasteiger partial charge is 0.251 e. The second-order valence-corrected chi connectivity index (χ2v) is 8.40. The lowest BCUT2D eigenvalue weighted by molar-refractivity contribution is 0.0946. The Morgan fingerprint density at radius 3 is 2.58 bits per heavy atom. The van der Waals surface area contributed by atoms with Crippen LogP contribution >= 0.6 is 0 Å². The Labute approximate surface area is 191 Å². The first-order chi connectivity index (χ1) is 16.0. The molecular formula is C26H25FN4O2. The molecule has 0 bridgehead atoms. The average molecular weight is 445 g/mol. The summed E-state index contributed by atoms with van der Waals surface area (Å²) in [6.45, 7) is 3.00. The van der Waals surface area contributed by atoms with Gasteiger partial charge in [0.15, 0.2) is 0 Å². The van der Waals surface area contributed by atoms with Crippen LogP contribution in [-0.2, 0) is 6.42 Å². The monoisotopic (exact) mass is 444 g/mol. The van der Waals surface area contributed by atoms with E-state index in [1.807, 2.05) is 36.4 Å². The average Bonchev–Trinajstić information content (AvgIpc) is 3.28. The Kier molecular flexibility index (Phi) is 5.66. The summed E-state index contributed by atoms with van der Waals surface area (Å²) < 4.78 is 14.8. The van der Waals surface area contributed by atoms with Crippen molar-refractivity contribution in [2.24, 2.45) is 0 Å². The van der Waals surface area contributed by atoms with E-state index in [9.17, 15) is 9.18 Å². The maximum Gasteiger partial charge on any atom is 0.251 e. The van der Waals surface area contributed by atoms with Crippen LogP contribution in [0.1, 0.15) is 21.5 Å². The second-order valence-electron chi connectivity index (χ2n) is 8.40. The number of rotatable bonds is 5. The normalized spacial score (nSPS) is 15.8. The van der Waals surface area contributed by atoms with Crippen molar-refractivity contribution in [1.82, 2.24) is 15.2 Å². The van der Waals surface area contributed by atoms with Crippen LogP contribution in [0.4, 0.5) is 10.2 Å². The van der Waals surface area contributed by atoms with E-state index < -0.39 is 5.95 Å². The first-order valence-corrected chi connectivity index (χ1v) is 11.0. The number of benzene rings is 2. The van der Waals surface area contributed by atoms with Crippen molar-refractivity contribution < 1.29 is 14.3 Å². The minimum absolute atomic E-state index is 0.0781. The van der Waals surface area contributed by atoms with E-state index in [0.29, 0.717) is 35.3 Å². The lowest BCUT2D eigenvalue weighted by Gasteiger charge is -2.18. The van der Waals surface area contributed by atoms with E-state index in [0.717, 1.165) is 36.2 Å². The molecule has 0 saturated heterocycles. The van der Waals surface area contributed by atoms with Gasteiger partial charge < -0.3 is 16.2 Å². The highest BCUT2D eigenvalue weighted by atomic mass is 19.1. The quantitative estimate of drug-likeness (QED) is 0.526. The SMILES string of the molecule is Nc1nc(F)c(-c2ccc(C3=CCN(CCO)C3)cc2)cc1-c1ccc2c(c1)CCNC2=O. The summed E-state index contributed by atoms with van der Waals surface area (Å²) >= 11 is 0. The number of hydrogen-bond acceptors (Lipinski definition) is 5. The van der Waals surface area contributed by atoms with Crippen LogP contribution in [0.25, 0.3) is 27.8 Å². The Morgan fingerprint density at radius 2 is 1.79 bits per heavy atom. The molecule has 168 valence electrons. The van der Waals surface area contributed by atoms with Crippen LogP contribution in [0.3, 0.4) is 0 Å². The first-order valence-electron chi connectivity index (χ1n) is 11.0. The van der Waals surface area contributed by atoms with Crippen LogP contribution in [0.5, 0.6) is 0 Å². The van der Waals surface area contributed by atoms with E-state index in [1.165, 1.54) is 5.57 Å². The second kappa shape index (κ2) is 8.77. The number of nitrogens with two attached hydrogens (primary N) is 1. The predicted molar refractivity (Wildman–Crippen MR) is 127 cm³/mol. The van der Waals surface area contributed by atoms with Crippen molar-refractivity contribution in [1.29, 1.82) is 0 Å². The van der Waals surface area contributed by atoms with Crippen LogP contribution in [0, 0.1) is 5.95 Å². The van der Waals surface area contributed by atoms with Crippen molar-refractivity contribution in [3.8, 4) is 22.3 Å². The number of anilines is 1. The number of carbonyl (C=O) groups is 1. The maximum absolute atomic E-state index is 14.8. The van der Waals surface area contributed by atoms with Crippen molar-refractivity contribution in [2.75, 3.05) is 38.5 Å². The third kappa shape index (κ3) is 4.13. The van der Waals surface area contributed by atoms with Crippen LogP contribution in [0.2, 0.25) is 0 Å². The highest BCUT2D eigenvalue weighted by molar-refractivity contribution is 5.97. The van der Waals surface area contributed by atoms with E-state index in [1.54, 1.807) is 12.1 Å². The van der Waals surface area contributed by atoms with Crippen LogP contribution < -0.4 is 11.1 Å². The molecule has 7 heteroatoms. The summed E-state index contributed by atoms with van der Waals surface area (Å²) in [5.74, 6) is -0.575. The van der Waals surface area contributed by atoms with Gasteiger partial charge in [-0.3, -0.25) is 9.69 Å².